The van der Waals surface area contributed by atoms with Crippen molar-refractivity contribution in [3.8, 4) is 5.69 Å². The second kappa shape index (κ2) is 9.97. The molecular formula is C23H25N5O4S. The van der Waals surface area contributed by atoms with E-state index in [1.54, 1.807) is 17.1 Å². The third-order valence-electron chi connectivity index (χ3n) is 5.39. The molecule has 1 aromatic heterocycles. The smallest absolute Gasteiger partial charge is 0.269 e. The van der Waals surface area contributed by atoms with E-state index in [0.29, 0.717) is 18.7 Å². The number of aromatic nitrogens is 2. The van der Waals surface area contributed by atoms with Crippen molar-refractivity contribution in [1.82, 2.24) is 24.9 Å². The third-order valence-corrected chi connectivity index (χ3v) is 7.28. The molecule has 10 heteroatoms. The number of para-hydroxylation sites is 1. The van der Waals surface area contributed by atoms with E-state index < -0.39 is 21.8 Å². The highest BCUT2D eigenvalue weighted by Crippen LogP contribution is 2.21. The maximum absolute atomic E-state index is 12.9. The minimum absolute atomic E-state index is 0.0243. The van der Waals surface area contributed by atoms with Crippen LogP contribution in [0.15, 0.2) is 71.9 Å². The Morgan fingerprint density at radius 2 is 1.70 bits per heavy atom. The Morgan fingerprint density at radius 1 is 0.939 bits per heavy atom. The van der Waals surface area contributed by atoms with Gasteiger partial charge in [-0.2, -0.15) is 9.40 Å². The number of sulfonamides is 1. The van der Waals surface area contributed by atoms with Gasteiger partial charge in [0, 0.05) is 24.8 Å². The molecule has 1 aliphatic rings. The fraction of sp³-hybridized carbons (Fsp3) is 0.261. The highest BCUT2D eigenvalue weighted by molar-refractivity contribution is 7.89. The second-order valence-electron chi connectivity index (χ2n) is 7.80. The monoisotopic (exact) mass is 467 g/mol. The van der Waals surface area contributed by atoms with Crippen LogP contribution in [0.2, 0.25) is 0 Å². The third kappa shape index (κ3) is 5.47. The van der Waals surface area contributed by atoms with Gasteiger partial charge < -0.3 is 0 Å². The van der Waals surface area contributed by atoms with Gasteiger partial charge in [-0.3, -0.25) is 20.4 Å². The van der Waals surface area contributed by atoms with Crippen molar-refractivity contribution >= 4 is 21.8 Å². The van der Waals surface area contributed by atoms with Crippen LogP contribution in [0.3, 0.4) is 0 Å². The maximum Gasteiger partial charge on any atom is 0.269 e. The van der Waals surface area contributed by atoms with Crippen LogP contribution in [0.4, 0.5) is 0 Å². The summed E-state index contributed by atoms with van der Waals surface area (Å²) in [6.07, 6.45) is 6.03. The minimum Gasteiger partial charge on any atom is -0.273 e. The molecule has 33 heavy (non-hydrogen) atoms. The molecule has 4 rings (SSSR count). The molecule has 9 nitrogen and oxygen atoms in total. The fourth-order valence-electron chi connectivity index (χ4n) is 3.65. The predicted molar refractivity (Wildman–Crippen MR) is 122 cm³/mol. The van der Waals surface area contributed by atoms with E-state index in [-0.39, 0.29) is 16.9 Å². The van der Waals surface area contributed by atoms with E-state index >= 15 is 0 Å². The van der Waals surface area contributed by atoms with Gasteiger partial charge in [-0.1, -0.05) is 30.7 Å². The number of hydrogen-bond acceptors (Lipinski definition) is 5. The number of amides is 2. The van der Waals surface area contributed by atoms with E-state index in [1.807, 2.05) is 30.3 Å². The van der Waals surface area contributed by atoms with Crippen LogP contribution in [-0.4, -0.2) is 47.4 Å². The molecule has 0 aliphatic carbocycles. The molecule has 0 bridgehead atoms. The van der Waals surface area contributed by atoms with Gasteiger partial charge in [-0.05, 0) is 48.7 Å². The van der Waals surface area contributed by atoms with Crippen LogP contribution in [-0.2, 0) is 21.2 Å². The summed E-state index contributed by atoms with van der Waals surface area (Å²) in [5.74, 6) is -1.02. The Hall–Kier alpha value is -3.50. The molecule has 1 fully saturated rings. The van der Waals surface area contributed by atoms with Crippen LogP contribution < -0.4 is 10.9 Å². The van der Waals surface area contributed by atoms with Crippen molar-refractivity contribution in [2.24, 2.45) is 0 Å². The number of rotatable bonds is 6. The topological polar surface area (TPSA) is 113 Å². The van der Waals surface area contributed by atoms with Gasteiger partial charge in [-0.15, -0.1) is 0 Å². The SMILES string of the molecule is O=C(Cc1cnn(-c2ccccc2)c1)NNC(=O)c1cccc(S(=O)(=O)N2CCCCC2)c1. The number of hydrazine groups is 1. The molecule has 1 aliphatic heterocycles. The molecule has 172 valence electrons. The van der Waals surface area contributed by atoms with E-state index in [9.17, 15) is 18.0 Å². The van der Waals surface area contributed by atoms with Gasteiger partial charge in [0.1, 0.15) is 0 Å². The van der Waals surface area contributed by atoms with Gasteiger partial charge in [-0.25, -0.2) is 13.1 Å². The lowest BCUT2D eigenvalue weighted by atomic mass is 10.2. The first-order valence-electron chi connectivity index (χ1n) is 10.7. The summed E-state index contributed by atoms with van der Waals surface area (Å²) >= 11 is 0. The molecule has 2 N–H and O–H groups in total. The Kier molecular flexibility index (Phi) is 6.85. The van der Waals surface area contributed by atoms with Crippen molar-refractivity contribution in [3.05, 3.63) is 78.1 Å². The number of carbonyl (C=O) groups excluding carboxylic acids is 2. The average Bonchev–Trinajstić information content (AvgIpc) is 3.32. The second-order valence-corrected chi connectivity index (χ2v) is 9.74. The van der Waals surface area contributed by atoms with Crippen molar-refractivity contribution in [3.63, 3.8) is 0 Å². The Morgan fingerprint density at radius 3 is 2.45 bits per heavy atom. The summed E-state index contributed by atoms with van der Waals surface area (Å²) < 4.78 is 28.8. The van der Waals surface area contributed by atoms with Gasteiger partial charge in [0.15, 0.2) is 0 Å². The molecule has 0 unspecified atom stereocenters. The molecule has 3 aromatic rings. The molecule has 2 amide bonds. The van der Waals surface area contributed by atoms with Crippen LogP contribution in [0, 0.1) is 0 Å². The highest BCUT2D eigenvalue weighted by atomic mass is 32.2. The van der Waals surface area contributed by atoms with Crippen molar-refractivity contribution in [1.29, 1.82) is 0 Å². The Balaban J connectivity index is 1.35. The molecule has 0 saturated carbocycles. The number of hydrogen-bond donors (Lipinski definition) is 2. The number of benzene rings is 2. The summed E-state index contributed by atoms with van der Waals surface area (Å²) in [5, 5.41) is 4.24. The quantitative estimate of drug-likeness (QED) is 0.539. The molecule has 1 saturated heterocycles. The van der Waals surface area contributed by atoms with Crippen LogP contribution in [0.25, 0.3) is 5.69 Å². The summed E-state index contributed by atoms with van der Waals surface area (Å²) in [6, 6.07) is 15.3. The highest BCUT2D eigenvalue weighted by Gasteiger charge is 2.26. The van der Waals surface area contributed by atoms with Crippen LogP contribution >= 0.6 is 0 Å². The lowest BCUT2D eigenvalue weighted by Gasteiger charge is -2.26. The maximum atomic E-state index is 12.9. The number of nitrogens with zero attached hydrogens (tertiary/aromatic N) is 3. The zero-order valence-electron chi connectivity index (χ0n) is 18.0. The molecule has 0 atom stereocenters. The molecule has 0 spiro atoms. The molecule has 2 heterocycles. The van der Waals surface area contributed by atoms with E-state index in [4.69, 9.17) is 0 Å². The van der Waals surface area contributed by atoms with E-state index in [0.717, 1.165) is 24.9 Å². The number of piperidine rings is 1. The van der Waals surface area contributed by atoms with Gasteiger partial charge in [0.25, 0.3) is 5.91 Å². The van der Waals surface area contributed by atoms with Gasteiger partial charge >= 0.3 is 0 Å². The van der Waals surface area contributed by atoms with Crippen LogP contribution in [0.5, 0.6) is 0 Å². The Bertz CT molecular complexity index is 1230. The number of carbonyl (C=O) groups is 2. The summed E-state index contributed by atoms with van der Waals surface area (Å²) in [4.78, 5) is 24.8. The molecule has 0 radical (unpaired) electrons. The van der Waals surface area contributed by atoms with Gasteiger partial charge in [0.2, 0.25) is 15.9 Å². The largest absolute Gasteiger partial charge is 0.273 e. The summed E-state index contributed by atoms with van der Waals surface area (Å²) in [7, 11) is -3.65. The zero-order chi connectivity index (χ0) is 23.3. The van der Waals surface area contributed by atoms with E-state index in [1.165, 1.54) is 28.6 Å². The fourth-order valence-corrected chi connectivity index (χ4v) is 5.22. The van der Waals surface area contributed by atoms with Crippen molar-refractivity contribution in [2.45, 2.75) is 30.6 Å². The average molecular weight is 468 g/mol. The predicted octanol–water partition coefficient (Wildman–Crippen LogP) is 2.05. The van der Waals surface area contributed by atoms with Crippen molar-refractivity contribution in [2.75, 3.05) is 13.1 Å². The van der Waals surface area contributed by atoms with E-state index in [2.05, 4.69) is 16.0 Å². The molecule has 2 aromatic carbocycles. The number of nitrogens with one attached hydrogen (secondary N) is 2. The Labute approximate surface area is 192 Å². The van der Waals surface area contributed by atoms with Gasteiger partial charge in [0.05, 0.1) is 23.2 Å². The first kappa shape index (κ1) is 22.7. The lowest BCUT2D eigenvalue weighted by molar-refractivity contribution is -0.121. The first-order valence-corrected chi connectivity index (χ1v) is 12.2. The normalized spacial score (nSPS) is 14.5. The first-order chi connectivity index (χ1) is 15.9. The minimum atomic E-state index is -3.65. The van der Waals surface area contributed by atoms with Crippen molar-refractivity contribution < 1.29 is 18.0 Å². The zero-order valence-corrected chi connectivity index (χ0v) is 18.8. The summed E-state index contributed by atoms with van der Waals surface area (Å²) in [5.41, 5.74) is 6.40. The molecular weight excluding hydrogens is 442 g/mol. The standard InChI is InChI=1S/C23H25N5O4S/c29-22(14-18-16-24-28(17-18)20-9-3-1-4-10-20)25-26-23(30)19-8-7-11-21(15-19)33(31,32)27-12-5-2-6-13-27/h1,3-4,7-11,15-17H,2,5-6,12-14H2,(H,25,29)(H,26,30). The lowest BCUT2D eigenvalue weighted by Crippen LogP contribution is -2.42. The van der Waals surface area contributed by atoms with Crippen LogP contribution in [0.1, 0.15) is 35.2 Å². The summed E-state index contributed by atoms with van der Waals surface area (Å²) in [6.45, 7) is 0.964.